The monoisotopic (exact) mass is 236 g/mol. The van der Waals surface area contributed by atoms with E-state index in [0.29, 0.717) is 12.1 Å². The molecule has 17 heavy (non-hydrogen) atoms. The summed E-state index contributed by atoms with van der Waals surface area (Å²) in [6, 6.07) is 4.35. The number of anilines is 1. The summed E-state index contributed by atoms with van der Waals surface area (Å²) >= 11 is 0. The summed E-state index contributed by atoms with van der Waals surface area (Å²) < 4.78 is 0. The van der Waals surface area contributed by atoms with Crippen LogP contribution in [0.2, 0.25) is 0 Å². The van der Waals surface area contributed by atoms with E-state index in [1.165, 1.54) is 12.1 Å². The van der Waals surface area contributed by atoms with Gasteiger partial charge in [0.2, 0.25) is 0 Å². The highest BCUT2D eigenvalue weighted by Gasteiger charge is 2.28. The van der Waals surface area contributed by atoms with Crippen LogP contribution in [0.3, 0.4) is 0 Å². The molecule has 0 aromatic heterocycles. The van der Waals surface area contributed by atoms with E-state index in [-0.39, 0.29) is 30.0 Å². The summed E-state index contributed by atoms with van der Waals surface area (Å²) in [5.74, 6) is -0.257. The van der Waals surface area contributed by atoms with E-state index in [0.717, 1.165) is 12.8 Å². The van der Waals surface area contributed by atoms with Crippen LogP contribution in [0, 0.1) is 0 Å². The number of phenols is 1. The van der Waals surface area contributed by atoms with E-state index in [2.05, 4.69) is 0 Å². The Hall–Kier alpha value is -1.75. The van der Waals surface area contributed by atoms with Gasteiger partial charge >= 0.3 is 0 Å². The number of nitrogens with zero attached hydrogens (tertiary/aromatic N) is 1. The average Bonchev–Trinajstić information content (AvgIpc) is 2.80. The first-order valence-corrected chi connectivity index (χ1v) is 5.64. The Morgan fingerprint density at radius 1 is 1.53 bits per heavy atom. The van der Waals surface area contributed by atoms with Crippen molar-refractivity contribution in [3.05, 3.63) is 23.8 Å². The van der Waals surface area contributed by atoms with Crippen LogP contribution in [0.1, 0.15) is 23.2 Å². The number of hydrogen-bond donors (Lipinski definition) is 3. The maximum absolute atomic E-state index is 12.1. The smallest absolute Gasteiger partial charge is 0.254 e. The Balaban J connectivity index is 2.21. The molecule has 0 spiro atoms. The highest BCUT2D eigenvalue weighted by molar-refractivity contribution is 5.95. The third kappa shape index (κ3) is 2.19. The number of nitrogen functional groups attached to an aromatic ring is 1. The second kappa shape index (κ2) is 4.63. The fraction of sp³-hybridized carbons (Fsp3) is 0.417. The Morgan fingerprint density at radius 3 is 2.94 bits per heavy atom. The quantitative estimate of drug-likeness (QED) is 0.517. The van der Waals surface area contributed by atoms with Gasteiger partial charge in [0, 0.05) is 12.1 Å². The van der Waals surface area contributed by atoms with E-state index >= 15 is 0 Å². The molecular weight excluding hydrogens is 220 g/mol. The number of phenolic OH excluding ortho intramolecular Hbond substituents is 1. The van der Waals surface area contributed by atoms with Gasteiger partial charge < -0.3 is 20.8 Å². The number of amides is 1. The molecule has 0 radical (unpaired) electrons. The van der Waals surface area contributed by atoms with Crippen molar-refractivity contribution in [1.29, 1.82) is 0 Å². The molecule has 1 fully saturated rings. The molecule has 1 heterocycles. The first kappa shape index (κ1) is 11.7. The van der Waals surface area contributed by atoms with E-state index < -0.39 is 0 Å². The summed E-state index contributed by atoms with van der Waals surface area (Å²) in [7, 11) is 0. The summed E-state index contributed by atoms with van der Waals surface area (Å²) in [6.45, 7) is 0.627. The number of carbonyl (C=O) groups is 1. The van der Waals surface area contributed by atoms with Crippen LogP contribution >= 0.6 is 0 Å². The number of aliphatic hydroxyl groups excluding tert-OH is 1. The van der Waals surface area contributed by atoms with Gasteiger partial charge in [0.25, 0.3) is 5.91 Å². The molecule has 5 heteroatoms. The minimum atomic E-state index is -0.170. The van der Waals surface area contributed by atoms with Gasteiger partial charge in [0.15, 0.2) is 0 Å². The molecule has 0 bridgehead atoms. The summed E-state index contributed by atoms with van der Waals surface area (Å²) in [6.07, 6.45) is 1.72. The van der Waals surface area contributed by atoms with E-state index in [4.69, 9.17) is 10.8 Å². The standard InChI is InChI=1S/C12H16N2O3/c13-10-4-3-8(6-11(10)16)12(17)14-5-1-2-9(14)7-15/h3-4,6,9,15-16H,1-2,5,7,13H2/t9-/m1/s1. The maximum atomic E-state index is 12.1. The fourth-order valence-corrected chi connectivity index (χ4v) is 2.14. The molecule has 2 rings (SSSR count). The molecule has 0 saturated carbocycles. The lowest BCUT2D eigenvalue weighted by atomic mass is 10.1. The second-order valence-corrected chi connectivity index (χ2v) is 4.25. The molecule has 1 aromatic rings. The Kier molecular flexibility index (Phi) is 3.19. The van der Waals surface area contributed by atoms with Crippen LogP contribution in [0.4, 0.5) is 5.69 Å². The molecule has 1 aromatic carbocycles. The zero-order chi connectivity index (χ0) is 12.4. The van der Waals surface area contributed by atoms with Crippen LogP contribution < -0.4 is 5.73 Å². The topological polar surface area (TPSA) is 86.8 Å². The van der Waals surface area contributed by atoms with Crippen molar-refractivity contribution in [2.75, 3.05) is 18.9 Å². The highest BCUT2D eigenvalue weighted by Crippen LogP contribution is 2.24. The van der Waals surface area contributed by atoms with E-state index in [1.807, 2.05) is 0 Å². The molecule has 0 aliphatic carbocycles. The van der Waals surface area contributed by atoms with Gasteiger partial charge in [-0.1, -0.05) is 0 Å². The van der Waals surface area contributed by atoms with Gasteiger partial charge in [-0.15, -0.1) is 0 Å². The molecule has 1 aliphatic heterocycles. The third-order valence-electron chi connectivity index (χ3n) is 3.13. The van der Waals surface area contributed by atoms with Crippen molar-refractivity contribution in [2.45, 2.75) is 18.9 Å². The SMILES string of the molecule is Nc1ccc(C(=O)N2CCC[C@@H]2CO)cc1O. The van der Waals surface area contributed by atoms with Gasteiger partial charge in [-0.25, -0.2) is 0 Å². The largest absolute Gasteiger partial charge is 0.506 e. The Labute approximate surface area is 99.5 Å². The van der Waals surface area contributed by atoms with Gasteiger partial charge in [-0.2, -0.15) is 0 Å². The van der Waals surface area contributed by atoms with Crippen molar-refractivity contribution in [1.82, 2.24) is 4.90 Å². The first-order chi connectivity index (χ1) is 8.13. The van der Waals surface area contributed by atoms with Crippen LogP contribution in [-0.2, 0) is 0 Å². The molecule has 92 valence electrons. The molecule has 1 aliphatic rings. The minimum Gasteiger partial charge on any atom is -0.506 e. The summed E-state index contributed by atoms with van der Waals surface area (Å²) in [5.41, 5.74) is 6.13. The molecule has 1 atom stereocenters. The van der Waals surface area contributed by atoms with Crippen molar-refractivity contribution in [2.24, 2.45) is 0 Å². The number of rotatable bonds is 2. The lowest BCUT2D eigenvalue weighted by Crippen LogP contribution is -2.37. The van der Waals surface area contributed by atoms with Gasteiger partial charge in [-0.3, -0.25) is 4.79 Å². The first-order valence-electron chi connectivity index (χ1n) is 5.64. The van der Waals surface area contributed by atoms with E-state index in [9.17, 15) is 9.90 Å². The Morgan fingerprint density at radius 2 is 2.29 bits per heavy atom. The molecule has 1 amide bonds. The lowest BCUT2D eigenvalue weighted by Gasteiger charge is -2.23. The lowest BCUT2D eigenvalue weighted by molar-refractivity contribution is 0.0677. The van der Waals surface area contributed by atoms with Crippen LogP contribution in [-0.4, -0.2) is 40.2 Å². The van der Waals surface area contributed by atoms with Crippen molar-refractivity contribution >= 4 is 11.6 Å². The molecule has 5 nitrogen and oxygen atoms in total. The van der Waals surface area contributed by atoms with Gasteiger partial charge in [0.05, 0.1) is 18.3 Å². The maximum Gasteiger partial charge on any atom is 0.254 e. The van der Waals surface area contributed by atoms with Crippen molar-refractivity contribution < 1.29 is 15.0 Å². The van der Waals surface area contributed by atoms with E-state index in [1.54, 1.807) is 11.0 Å². The second-order valence-electron chi connectivity index (χ2n) is 4.25. The van der Waals surface area contributed by atoms with Crippen molar-refractivity contribution in [3.8, 4) is 5.75 Å². The zero-order valence-electron chi connectivity index (χ0n) is 9.47. The molecule has 4 N–H and O–H groups in total. The number of hydrogen-bond acceptors (Lipinski definition) is 4. The van der Waals surface area contributed by atoms with Gasteiger partial charge in [0.1, 0.15) is 5.75 Å². The molecule has 0 unspecified atom stereocenters. The van der Waals surface area contributed by atoms with Gasteiger partial charge in [-0.05, 0) is 31.0 Å². The highest BCUT2D eigenvalue weighted by atomic mass is 16.3. The van der Waals surface area contributed by atoms with Crippen molar-refractivity contribution in [3.63, 3.8) is 0 Å². The number of aromatic hydroxyl groups is 1. The summed E-state index contributed by atoms with van der Waals surface area (Å²) in [4.78, 5) is 13.8. The Bertz CT molecular complexity index is 434. The number of nitrogens with two attached hydrogens (primary N) is 1. The minimum absolute atomic E-state index is 0.0211. The predicted molar refractivity (Wildman–Crippen MR) is 63.7 cm³/mol. The van der Waals surface area contributed by atoms with Crippen LogP contribution in [0.25, 0.3) is 0 Å². The number of benzene rings is 1. The van der Waals surface area contributed by atoms with Crippen LogP contribution in [0.15, 0.2) is 18.2 Å². The predicted octanol–water partition coefficient (Wildman–Crippen LogP) is 0.571. The molecular formula is C12H16N2O3. The van der Waals surface area contributed by atoms with Crippen LogP contribution in [0.5, 0.6) is 5.75 Å². The fourth-order valence-electron chi connectivity index (χ4n) is 2.14. The zero-order valence-corrected chi connectivity index (χ0v) is 9.47. The third-order valence-corrected chi connectivity index (χ3v) is 3.13. The molecule has 1 saturated heterocycles. The summed E-state index contributed by atoms with van der Waals surface area (Å²) in [5, 5.41) is 18.6. The number of aliphatic hydroxyl groups is 1. The number of carbonyl (C=O) groups excluding carboxylic acids is 1. The normalized spacial score (nSPS) is 19.6. The average molecular weight is 236 g/mol. The number of likely N-dealkylation sites (tertiary alicyclic amines) is 1.